The molecule has 32 heavy (non-hydrogen) atoms. The van der Waals surface area contributed by atoms with Crippen LogP contribution < -0.4 is 5.32 Å². The molecule has 2 amide bonds. The number of rotatable bonds is 10. The van der Waals surface area contributed by atoms with Crippen LogP contribution in [0.2, 0.25) is 0 Å². The molecule has 7 nitrogen and oxygen atoms in total. The number of carbonyl (C=O) groups is 1. The minimum atomic E-state index is 0.0359. The zero-order chi connectivity index (χ0) is 22.2. The smallest absolute Gasteiger partial charge is 0.317 e. The molecule has 1 aliphatic heterocycles. The fourth-order valence-electron chi connectivity index (χ4n) is 3.89. The van der Waals surface area contributed by atoms with Crippen LogP contribution >= 0.6 is 11.3 Å². The van der Waals surface area contributed by atoms with E-state index in [1.54, 1.807) is 11.3 Å². The summed E-state index contributed by atoms with van der Waals surface area (Å²) in [5, 5.41) is 5.25. The van der Waals surface area contributed by atoms with Crippen LogP contribution in [0.5, 0.6) is 0 Å². The highest BCUT2D eigenvalue weighted by Gasteiger charge is 2.18. The summed E-state index contributed by atoms with van der Waals surface area (Å²) in [6.07, 6.45) is 4.99. The summed E-state index contributed by atoms with van der Waals surface area (Å²) < 4.78 is 7.62. The average molecular weight is 456 g/mol. The van der Waals surface area contributed by atoms with Crippen molar-refractivity contribution in [3.8, 4) is 11.3 Å². The Kier molecular flexibility index (Phi) is 8.14. The van der Waals surface area contributed by atoms with Gasteiger partial charge in [0, 0.05) is 68.5 Å². The fourth-order valence-corrected chi connectivity index (χ4v) is 4.80. The van der Waals surface area contributed by atoms with E-state index in [2.05, 4.69) is 45.3 Å². The second-order valence-corrected chi connectivity index (χ2v) is 8.98. The van der Waals surface area contributed by atoms with Crippen LogP contribution in [0.4, 0.5) is 4.79 Å². The van der Waals surface area contributed by atoms with Crippen LogP contribution in [0, 0.1) is 0 Å². The van der Waals surface area contributed by atoms with Gasteiger partial charge in [0.2, 0.25) is 0 Å². The van der Waals surface area contributed by atoms with Gasteiger partial charge in [-0.3, -0.25) is 9.30 Å². The van der Waals surface area contributed by atoms with Gasteiger partial charge in [-0.05, 0) is 6.42 Å². The summed E-state index contributed by atoms with van der Waals surface area (Å²) in [5.41, 5.74) is 3.30. The minimum absolute atomic E-state index is 0.0359. The van der Waals surface area contributed by atoms with Crippen molar-refractivity contribution in [1.82, 2.24) is 24.5 Å². The first-order valence-electron chi connectivity index (χ1n) is 11.6. The number of nitrogens with one attached hydrogen (secondary N) is 1. The molecule has 1 N–H and O–H groups in total. The predicted molar refractivity (Wildman–Crippen MR) is 129 cm³/mol. The fraction of sp³-hybridized carbons (Fsp3) is 0.500. The molecule has 0 aliphatic carbocycles. The number of unbranched alkanes of at least 4 members (excludes halogenated alkanes) is 1. The number of ether oxygens (including phenoxy) is 1. The Morgan fingerprint density at radius 3 is 2.81 bits per heavy atom. The van der Waals surface area contributed by atoms with Crippen LogP contribution in [0.15, 0.2) is 41.9 Å². The van der Waals surface area contributed by atoms with Crippen molar-refractivity contribution < 1.29 is 9.53 Å². The van der Waals surface area contributed by atoms with E-state index in [9.17, 15) is 4.79 Å². The number of amides is 2. The number of fused-ring (bicyclic) bond motifs is 1. The Labute approximate surface area is 194 Å². The zero-order valence-electron chi connectivity index (χ0n) is 18.8. The molecule has 0 spiro atoms. The van der Waals surface area contributed by atoms with Gasteiger partial charge >= 0.3 is 6.03 Å². The summed E-state index contributed by atoms with van der Waals surface area (Å²) in [6.45, 7) is 8.60. The van der Waals surface area contributed by atoms with E-state index in [4.69, 9.17) is 9.72 Å². The van der Waals surface area contributed by atoms with Crippen LogP contribution in [0.25, 0.3) is 16.2 Å². The quantitative estimate of drug-likeness (QED) is 0.473. The summed E-state index contributed by atoms with van der Waals surface area (Å²) in [6, 6.07) is 10.3. The maximum atomic E-state index is 12.9. The molecule has 1 aromatic carbocycles. The Hall–Kier alpha value is -2.42. The summed E-state index contributed by atoms with van der Waals surface area (Å²) >= 11 is 1.65. The Morgan fingerprint density at radius 1 is 1.22 bits per heavy atom. The van der Waals surface area contributed by atoms with E-state index in [1.807, 2.05) is 23.1 Å². The lowest BCUT2D eigenvalue weighted by Gasteiger charge is -2.30. The number of urea groups is 1. The molecule has 0 bridgehead atoms. The van der Waals surface area contributed by atoms with Crippen molar-refractivity contribution >= 4 is 22.3 Å². The molecule has 172 valence electrons. The first-order chi connectivity index (χ1) is 15.7. The molecule has 1 fully saturated rings. The minimum Gasteiger partial charge on any atom is -0.379 e. The lowest BCUT2D eigenvalue weighted by Crippen LogP contribution is -2.47. The highest BCUT2D eigenvalue weighted by atomic mass is 32.1. The van der Waals surface area contributed by atoms with Gasteiger partial charge in [0.1, 0.15) is 0 Å². The second-order valence-electron chi connectivity index (χ2n) is 8.15. The zero-order valence-corrected chi connectivity index (χ0v) is 19.6. The van der Waals surface area contributed by atoms with Gasteiger partial charge < -0.3 is 15.0 Å². The summed E-state index contributed by atoms with van der Waals surface area (Å²) in [4.78, 5) is 23.0. The van der Waals surface area contributed by atoms with Crippen molar-refractivity contribution in [2.45, 2.75) is 26.2 Å². The number of thiazole rings is 1. The van der Waals surface area contributed by atoms with Gasteiger partial charge in [-0.1, -0.05) is 43.7 Å². The molecule has 0 unspecified atom stereocenters. The third-order valence-electron chi connectivity index (χ3n) is 5.87. The molecule has 3 heterocycles. The lowest BCUT2D eigenvalue weighted by molar-refractivity contribution is 0.0349. The van der Waals surface area contributed by atoms with Crippen LogP contribution in [0.3, 0.4) is 0 Å². The SMILES string of the molecule is CCCCNC(=O)N(CCc1csc2nc(-c3ccccc3)cn12)CCN1CCOCC1. The average Bonchev–Trinajstić information content (AvgIpc) is 3.42. The van der Waals surface area contributed by atoms with Gasteiger partial charge in [-0.15, -0.1) is 11.3 Å². The molecule has 4 rings (SSSR count). The highest BCUT2D eigenvalue weighted by molar-refractivity contribution is 7.15. The molecule has 0 saturated carbocycles. The maximum Gasteiger partial charge on any atom is 0.317 e. The summed E-state index contributed by atoms with van der Waals surface area (Å²) in [7, 11) is 0. The second kappa shape index (κ2) is 11.4. The van der Waals surface area contributed by atoms with Crippen LogP contribution in [0.1, 0.15) is 25.5 Å². The van der Waals surface area contributed by atoms with Crippen molar-refractivity contribution in [1.29, 1.82) is 0 Å². The summed E-state index contributed by atoms with van der Waals surface area (Å²) in [5.74, 6) is 0. The lowest BCUT2D eigenvalue weighted by atomic mass is 10.2. The largest absolute Gasteiger partial charge is 0.379 e. The van der Waals surface area contributed by atoms with Crippen molar-refractivity contribution in [3.05, 3.63) is 47.6 Å². The molecule has 2 aromatic heterocycles. The molecule has 0 atom stereocenters. The standard InChI is InChI=1S/C24H33N5O2S/c1-2-3-10-25-23(30)28(13-12-27-14-16-31-17-15-27)11-9-21-19-32-24-26-22(18-29(21)24)20-7-5-4-6-8-20/h4-8,18-19H,2-3,9-17H2,1H3,(H,25,30). The van der Waals surface area contributed by atoms with Gasteiger partial charge in [-0.25, -0.2) is 9.78 Å². The number of hydrogen-bond donors (Lipinski definition) is 1. The number of hydrogen-bond acceptors (Lipinski definition) is 5. The van der Waals surface area contributed by atoms with Gasteiger partial charge in [0.15, 0.2) is 4.96 Å². The van der Waals surface area contributed by atoms with Crippen LogP contribution in [-0.2, 0) is 11.2 Å². The molecular formula is C24H33N5O2S. The molecule has 1 saturated heterocycles. The van der Waals surface area contributed by atoms with E-state index in [1.165, 1.54) is 5.69 Å². The number of carbonyl (C=O) groups excluding carboxylic acids is 1. The first kappa shape index (κ1) is 22.8. The van der Waals surface area contributed by atoms with Crippen LogP contribution in [-0.4, -0.2) is 77.7 Å². The topological polar surface area (TPSA) is 62.1 Å². The van der Waals surface area contributed by atoms with E-state index >= 15 is 0 Å². The monoisotopic (exact) mass is 455 g/mol. The normalized spacial score (nSPS) is 14.7. The van der Waals surface area contributed by atoms with E-state index in [0.717, 1.165) is 81.4 Å². The Morgan fingerprint density at radius 2 is 2.03 bits per heavy atom. The third kappa shape index (κ3) is 5.88. The first-order valence-corrected chi connectivity index (χ1v) is 12.5. The van der Waals surface area contributed by atoms with Gasteiger partial charge in [0.05, 0.1) is 18.9 Å². The third-order valence-corrected chi connectivity index (χ3v) is 6.76. The van der Waals surface area contributed by atoms with Crippen molar-refractivity contribution in [2.75, 3.05) is 52.5 Å². The maximum absolute atomic E-state index is 12.9. The van der Waals surface area contributed by atoms with E-state index in [-0.39, 0.29) is 6.03 Å². The van der Waals surface area contributed by atoms with E-state index in [0.29, 0.717) is 6.54 Å². The number of morpholine rings is 1. The number of nitrogens with zero attached hydrogens (tertiary/aromatic N) is 4. The Balaban J connectivity index is 1.41. The van der Waals surface area contributed by atoms with Crippen molar-refractivity contribution in [3.63, 3.8) is 0 Å². The predicted octanol–water partition coefficient (Wildman–Crippen LogP) is 3.75. The number of aromatic nitrogens is 2. The molecule has 3 aromatic rings. The molecule has 8 heteroatoms. The number of imidazole rings is 1. The van der Waals surface area contributed by atoms with Gasteiger partial charge in [0.25, 0.3) is 0 Å². The molecular weight excluding hydrogens is 422 g/mol. The highest BCUT2D eigenvalue weighted by Crippen LogP contribution is 2.23. The van der Waals surface area contributed by atoms with Crippen molar-refractivity contribution in [2.24, 2.45) is 0 Å². The van der Waals surface area contributed by atoms with Gasteiger partial charge in [-0.2, -0.15) is 0 Å². The van der Waals surface area contributed by atoms with E-state index < -0.39 is 0 Å². The Bertz CT molecular complexity index is 981. The molecule has 0 radical (unpaired) electrons. The molecule has 1 aliphatic rings. The number of benzene rings is 1.